The van der Waals surface area contributed by atoms with Gasteiger partial charge >= 0.3 is 5.97 Å². The molecule has 1 heterocycles. The van der Waals surface area contributed by atoms with Gasteiger partial charge in [0.25, 0.3) is 5.91 Å². The quantitative estimate of drug-likeness (QED) is 0.483. The lowest BCUT2D eigenvalue weighted by molar-refractivity contribution is -0.143. The molecule has 7 heteroatoms. The summed E-state index contributed by atoms with van der Waals surface area (Å²) in [4.78, 5) is 29.2. The number of carbonyl (C=O) groups is 2. The van der Waals surface area contributed by atoms with Crippen molar-refractivity contribution in [2.75, 3.05) is 13.2 Å². The van der Waals surface area contributed by atoms with Gasteiger partial charge in [0.2, 0.25) is 0 Å². The number of hydrogen-bond donors (Lipinski definition) is 0. The number of hydrogen-bond acceptors (Lipinski definition) is 5. The molecule has 3 aromatic rings. The van der Waals surface area contributed by atoms with Gasteiger partial charge in [-0.15, -0.1) is 0 Å². The van der Waals surface area contributed by atoms with Gasteiger partial charge in [-0.2, -0.15) is 4.99 Å². The molecule has 30 heavy (non-hydrogen) atoms. The minimum absolute atomic E-state index is 0.00774. The molecule has 0 aliphatic heterocycles. The van der Waals surface area contributed by atoms with Gasteiger partial charge < -0.3 is 14.0 Å². The van der Waals surface area contributed by atoms with Gasteiger partial charge in [-0.05, 0) is 49.6 Å². The molecular formula is C23H26N2O4S. The summed E-state index contributed by atoms with van der Waals surface area (Å²) < 4.78 is 13.3. The van der Waals surface area contributed by atoms with E-state index in [1.807, 2.05) is 24.3 Å². The summed E-state index contributed by atoms with van der Waals surface area (Å²) in [5.41, 5.74) is 2.10. The zero-order chi connectivity index (χ0) is 21.3. The number of aromatic nitrogens is 1. The van der Waals surface area contributed by atoms with Crippen LogP contribution in [-0.4, -0.2) is 29.7 Å². The SMILES string of the molecule is CCCCc1ccc2c(c1)sc(=NC(=O)COc1ccccc1)n2CC(=O)OCC. The molecule has 3 rings (SSSR count). The number of ether oxygens (including phenoxy) is 2. The highest BCUT2D eigenvalue weighted by Crippen LogP contribution is 2.20. The van der Waals surface area contributed by atoms with Gasteiger partial charge in [-0.25, -0.2) is 0 Å². The lowest BCUT2D eigenvalue weighted by Gasteiger charge is -2.06. The predicted octanol–water partition coefficient (Wildman–Crippen LogP) is 4.11. The Balaban J connectivity index is 1.90. The molecule has 0 fully saturated rings. The first-order valence-corrected chi connectivity index (χ1v) is 11.0. The lowest BCUT2D eigenvalue weighted by Crippen LogP contribution is -2.24. The van der Waals surface area contributed by atoms with Crippen molar-refractivity contribution in [2.45, 2.75) is 39.7 Å². The Morgan fingerprint density at radius 3 is 2.63 bits per heavy atom. The normalized spacial score (nSPS) is 11.6. The number of thiazole rings is 1. The van der Waals surface area contributed by atoms with Crippen molar-refractivity contribution in [3.8, 4) is 5.75 Å². The number of carbonyl (C=O) groups excluding carboxylic acids is 2. The molecule has 2 aromatic carbocycles. The second-order valence-electron chi connectivity index (χ2n) is 6.79. The molecule has 1 amide bonds. The number of nitrogens with zero attached hydrogens (tertiary/aromatic N) is 2. The molecule has 158 valence electrons. The first kappa shape index (κ1) is 21.8. The van der Waals surface area contributed by atoms with E-state index in [1.165, 1.54) is 16.9 Å². The van der Waals surface area contributed by atoms with Crippen molar-refractivity contribution in [3.63, 3.8) is 0 Å². The number of benzene rings is 2. The summed E-state index contributed by atoms with van der Waals surface area (Å²) >= 11 is 1.39. The molecule has 0 saturated heterocycles. The van der Waals surface area contributed by atoms with Crippen LogP contribution in [0.1, 0.15) is 32.3 Å². The van der Waals surface area contributed by atoms with Crippen molar-refractivity contribution in [2.24, 2.45) is 4.99 Å². The molecule has 0 spiro atoms. The lowest BCUT2D eigenvalue weighted by atomic mass is 10.1. The number of esters is 1. The van der Waals surface area contributed by atoms with Gasteiger partial charge in [0, 0.05) is 0 Å². The standard InChI is InChI=1S/C23H26N2O4S/c1-3-5-9-17-12-13-19-20(14-17)30-23(25(19)15-22(27)28-4-2)24-21(26)16-29-18-10-7-6-8-11-18/h6-8,10-14H,3-5,9,15-16H2,1-2H3. The molecule has 0 atom stereocenters. The van der Waals surface area contributed by atoms with E-state index >= 15 is 0 Å². The molecule has 0 bridgehead atoms. The van der Waals surface area contributed by atoms with Crippen molar-refractivity contribution in [1.82, 2.24) is 4.57 Å². The zero-order valence-electron chi connectivity index (χ0n) is 17.3. The van der Waals surface area contributed by atoms with Crippen LogP contribution in [0.3, 0.4) is 0 Å². The molecule has 1 aromatic heterocycles. The summed E-state index contributed by atoms with van der Waals surface area (Å²) in [6.07, 6.45) is 3.24. The molecule has 0 saturated carbocycles. The monoisotopic (exact) mass is 426 g/mol. The third-order valence-electron chi connectivity index (χ3n) is 4.48. The fourth-order valence-electron chi connectivity index (χ4n) is 3.03. The average Bonchev–Trinajstić information content (AvgIpc) is 3.07. The summed E-state index contributed by atoms with van der Waals surface area (Å²) in [5, 5.41) is 0. The van der Waals surface area contributed by atoms with E-state index in [1.54, 1.807) is 23.6 Å². The van der Waals surface area contributed by atoms with Crippen LogP contribution in [0.25, 0.3) is 10.2 Å². The topological polar surface area (TPSA) is 69.9 Å². The summed E-state index contributed by atoms with van der Waals surface area (Å²) in [5.74, 6) is -0.159. The van der Waals surface area contributed by atoms with Crippen LogP contribution in [-0.2, 0) is 27.3 Å². The Bertz CT molecular complexity index is 1070. The van der Waals surface area contributed by atoms with Gasteiger partial charge in [0.15, 0.2) is 11.4 Å². The highest BCUT2D eigenvalue weighted by molar-refractivity contribution is 7.16. The Labute approximate surface area is 179 Å². The van der Waals surface area contributed by atoms with Crippen LogP contribution in [0.15, 0.2) is 53.5 Å². The highest BCUT2D eigenvalue weighted by Gasteiger charge is 2.13. The molecule has 0 aliphatic carbocycles. The van der Waals surface area contributed by atoms with Crippen molar-refractivity contribution >= 4 is 33.4 Å². The Hall–Kier alpha value is -2.93. The van der Waals surface area contributed by atoms with E-state index in [0.717, 1.165) is 29.5 Å². The maximum Gasteiger partial charge on any atom is 0.326 e. The Morgan fingerprint density at radius 2 is 1.90 bits per heavy atom. The fraction of sp³-hybridized carbons (Fsp3) is 0.348. The number of aryl methyl sites for hydroxylation is 1. The summed E-state index contributed by atoms with van der Waals surface area (Å²) in [7, 11) is 0. The molecular weight excluding hydrogens is 400 g/mol. The van der Waals surface area contributed by atoms with Crippen molar-refractivity contribution < 1.29 is 19.1 Å². The fourth-order valence-corrected chi connectivity index (χ4v) is 4.14. The van der Waals surface area contributed by atoms with E-state index < -0.39 is 5.91 Å². The maximum atomic E-state index is 12.4. The van der Waals surface area contributed by atoms with E-state index in [2.05, 4.69) is 24.0 Å². The highest BCUT2D eigenvalue weighted by atomic mass is 32.1. The largest absolute Gasteiger partial charge is 0.484 e. The van der Waals surface area contributed by atoms with Crippen LogP contribution in [0.4, 0.5) is 0 Å². The van der Waals surface area contributed by atoms with E-state index in [4.69, 9.17) is 9.47 Å². The van der Waals surface area contributed by atoms with Crippen LogP contribution in [0.5, 0.6) is 5.75 Å². The van der Waals surface area contributed by atoms with Gasteiger partial charge in [-0.3, -0.25) is 9.59 Å². The van der Waals surface area contributed by atoms with Crippen LogP contribution < -0.4 is 9.54 Å². The van der Waals surface area contributed by atoms with Crippen molar-refractivity contribution in [3.05, 3.63) is 58.9 Å². The Kier molecular flexibility index (Phi) is 7.79. The molecule has 0 radical (unpaired) electrons. The zero-order valence-corrected chi connectivity index (χ0v) is 18.1. The van der Waals surface area contributed by atoms with E-state index in [0.29, 0.717) is 17.2 Å². The van der Waals surface area contributed by atoms with E-state index in [9.17, 15) is 9.59 Å². The minimum atomic E-state index is -0.408. The molecule has 6 nitrogen and oxygen atoms in total. The maximum absolute atomic E-state index is 12.4. The predicted molar refractivity (Wildman–Crippen MR) is 118 cm³/mol. The third-order valence-corrected chi connectivity index (χ3v) is 5.53. The number of fused-ring (bicyclic) bond motifs is 1. The van der Waals surface area contributed by atoms with Gasteiger partial charge in [-0.1, -0.05) is 48.9 Å². The summed E-state index contributed by atoms with van der Waals surface area (Å²) in [6.45, 7) is 4.08. The van der Waals surface area contributed by atoms with Crippen LogP contribution >= 0.6 is 11.3 Å². The van der Waals surface area contributed by atoms with Crippen molar-refractivity contribution in [1.29, 1.82) is 0 Å². The van der Waals surface area contributed by atoms with Crippen LogP contribution in [0.2, 0.25) is 0 Å². The number of para-hydroxylation sites is 1. The van der Waals surface area contributed by atoms with E-state index in [-0.39, 0.29) is 19.1 Å². The number of amides is 1. The van der Waals surface area contributed by atoms with Crippen LogP contribution in [0, 0.1) is 0 Å². The second kappa shape index (κ2) is 10.7. The number of unbranched alkanes of at least 4 members (excludes halogenated alkanes) is 1. The summed E-state index contributed by atoms with van der Waals surface area (Å²) in [6, 6.07) is 15.3. The third kappa shape index (κ3) is 5.79. The first-order chi connectivity index (χ1) is 14.6. The minimum Gasteiger partial charge on any atom is -0.484 e. The second-order valence-corrected chi connectivity index (χ2v) is 7.80. The first-order valence-electron chi connectivity index (χ1n) is 10.1. The molecule has 0 N–H and O–H groups in total. The molecule has 0 aliphatic rings. The smallest absolute Gasteiger partial charge is 0.326 e. The van der Waals surface area contributed by atoms with Gasteiger partial charge in [0.1, 0.15) is 12.3 Å². The van der Waals surface area contributed by atoms with Gasteiger partial charge in [0.05, 0.1) is 16.8 Å². The average molecular weight is 427 g/mol. The Morgan fingerprint density at radius 1 is 1.10 bits per heavy atom. The number of rotatable bonds is 9. The molecule has 0 unspecified atom stereocenters.